The molecule has 1 aliphatic rings. The second-order valence-electron chi connectivity index (χ2n) is 5.94. The van der Waals surface area contributed by atoms with Crippen LogP contribution in [0.25, 0.3) is 22.0 Å². The Labute approximate surface area is 134 Å². The summed E-state index contributed by atoms with van der Waals surface area (Å²) in [6.45, 7) is 2.20. The molecule has 1 N–H and O–H groups in total. The predicted molar refractivity (Wildman–Crippen MR) is 89.5 cm³/mol. The number of rotatable bonds is 4. The first-order chi connectivity index (χ1) is 11.3. The molecule has 2 aromatic carbocycles. The van der Waals surface area contributed by atoms with Crippen molar-refractivity contribution in [3.8, 4) is 11.1 Å². The van der Waals surface area contributed by atoms with Crippen LogP contribution >= 0.6 is 0 Å². The number of carbonyl (C=O) groups excluding carboxylic acids is 1. The Bertz CT molecular complexity index is 878. The number of aromatic amines is 1. The highest BCUT2D eigenvalue weighted by Crippen LogP contribution is 2.42. The van der Waals surface area contributed by atoms with E-state index in [2.05, 4.69) is 16.3 Å². The van der Waals surface area contributed by atoms with Crippen LogP contribution in [0.2, 0.25) is 0 Å². The van der Waals surface area contributed by atoms with Gasteiger partial charge in [0.2, 0.25) is 0 Å². The third-order valence-corrected chi connectivity index (χ3v) is 4.28. The Hall–Kier alpha value is -2.62. The van der Waals surface area contributed by atoms with Gasteiger partial charge in [0.15, 0.2) is 0 Å². The SMILES string of the molecule is CCOC(=O)c1cccc(-c2ccc3n[nH]c(C4CC4)c3c2)c1. The van der Waals surface area contributed by atoms with Gasteiger partial charge in [-0.1, -0.05) is 18.2 Å². The normalized spacial score (nSPS) is 14.1. The lowest BCUT2D eigenvalue weighted by atomic mass is 10.0. The molecule has 0 spiro atoms. The first kappa shape index (κ1) is 14.0. The van der Waals surface area contributed by atoms with Gasteiger partial charge in [0, 0.05) is 17.0 Å². The van der Waals surface area contributed by atoms with Crippen molar-refractivity contribution in [2.75, 3.05) is 6.61 Å². The summed E-state index contributed by atoms with van der Waals surface area (Å²) in [7, 11) is 0. The van der Waals surface area contributed by atoms with Crippen LogP contribution in [0.1, 0.15) is 41.7 Å². The Kier molecular flexibility index (Phi) is 3.37. The number of nitrogens with one attached hydrogen (secondary N) is 1. The monoisotopic (exact) mass is 306 g/mol. The molecule has 1 aliphatic carbocycles. The third-order valence-electron chi connectivity index (χ3n) is 4.28. The molecular formula is C19H18N2O2. The summed E-state index contributed by atoms with van der Waals surface area (Å²) in [6.07, 6.45) is 2.47. The van der Waals surface area contributed by atoms with E-state index in [9.17, 15) is 4.79 Å². The van der Waals surface area contributed by atoms with Crippen molar-refractivity contribution in [1.82, 2.24) is 10.2 Å². The maximum atomic E-state index is 11.9. The van der Waals surface area contributed by atoms with E-state index in [1.807, 2.05) is 37.3 Å². The van der Waals surface area contributed by atoms with E-state index in [0.29, 0.717) is 18.1 Å². The minimum Gasteiger partial charge on any atom is -0.462 e. The molecule has 0 unspecified atom stereocenters. The molecule has 0 amide bonds. The van der Waals surface area contributed by atoms with E-state index in [4.69, 9.17) is 4.74 Å². The highest BCUT2D eigenvalue weighted by molar-refractivity contribution is 5.92. The van der Waals surface area contributed by atoms with E-state index in [1.165, 1.54) is 23.9 Å². The number of esters is 1. The lowest BCUT2D eigenvalue weighted by Crippen LogP contribution is -2.04. The molecule has 0 radical (unpaired) electrons. The highest BCUT2D eigenvalue weighted by Gasteiger charge is 2.27. The van der Waals surface area contributed by atoms with Gasteiger partial charge in [-0.25, -0.2) is 4.79 Å². The van der Waals surface area contributed by atoms with E-state index in [0.717, 1.165) is 16.6 Å². The lowest BCUT2D eigenvalue weighted by molar-refractivity contribution is 0.0526. The second kappa shape index (κ2) is 5.54. The van der Waals surface area contributed by atoms with Gasteiger partial charge < -0.3 is 4.74 Å². The molecule has 4 heteroatoms. The van der Waals surface area contributed by atoms with Crippen LogP contribution in [0, 0.1) is 0 Å². The molecule has 4 nitrogen and oxygen atoms in total. The van der Waals surface area contributed by atoms with Crippen LogP contribution in [-0.2, 0) is 4.74 Å². The fraction of sp³-hybridized carbons (Fsp3) is 0.263. The first-order valence-corrected chi connectivity index (χ1v) is 8.02. The average Bonchev–Trinajstić information content (AvgIpc) is 3.34. The molecule has 0 aliphatic heterocycles. The number of nitrogens with zero attached hydrogens (tertiary/aromatic N) is 1. The smallest absolute Gasteiger partial charge is 0.338 e. The minimum absolute atomic E-state index is 0.280. The number of H-pyrrole nitrogens is 1. The van der Waals surface area contributed by atoms with Crippen molar-refractivity contribution in [2.24, 2.45) is 0 Å². The molecule has 4 rings (SSSR count). The van der Waals surface area contributed by atoms with Crippen molar-refractivity contribution in [1.29, 1.82) is 0 Å². The molecule has 1 heterocycles. The van der Waals surface area contributed by atoms with E-state index < -0.39 is 0 Å². The quantitative estimate of drug-likeness (QED) is 0.732. The number of hydrogen-bond acceptors (Lipinski definition) is 3. The van der Waals surface area contributed by atoms with Crippen molar-refractivity contribution in [3.63, 3.8) is 0 Å². The molecule has 23 heavy (non-hydrogen) atoms. The number of carbonyl (C=O) groups is 1. The fourth-order valence-corrected chi connectivity index (χ4v) is 2.93. The third kappa shape index (κ3) is 2.61. The topological polar surface area (TPSA) is 55.0 Å². The molecule has 116 valence electrons. The molecular weight excluding hydrogens is 288 g/mol. The van der Waals surface area contributed by atoms with Gasteiger partial charge >= 0.3 is 5.97 Å². The van der Waals surface area contributed by atoms with Gasteiger partial charge in [0.25, 0.3) is 0 Å². The maximum Gasteiger partial charge on any atom is 0.338 e. The number of aromatic nitrogens is 2. The van der Waals surface area contributed by atoms with Crippen molar-refractivity contribution in [3.05, 3.63) is 53.7 Å². The molecule has 1 aromatic heterocycles. The van der Waals surface area contributed by atoms with Crippen LogP contribution in [-0.4, -0.2) is 22.8 Å². The van der Waals surface area contributed by atoms with Gasteiger partial charge in [-0.15, -0.1) is 0 Å². The number of fused-ring (bicyclic) bond motifs is 1. The largest absolute Gasteiger partial charge is 0.462 e. The summed E-state index contributed by atoms with van der Waals surface area (Å²) in [5.74, 6) is 0.346. The van der Waals surface area contributed by atoms with Crippen molar-refractivity contribution < 1.29 is 9.53 Å². The van der Waals surface area contributed by atoms with Crippen LogP contribution in [0.15, 0.2) is 42.5 Å². The summed E-state index contributed by atoms with van der Waals surface area (Å²) in [4.78, 5) is 11.9. The predicted octanol–water partition coefficient (Wildman–Crippen LogP) is 4.28. The summed E-state index contributed by atoms with van der Waals surface area (Å²) < 4.78 is 5.08. The van der Waals surface area contributed by atoms with Gasteiger partial charge in [-0.3, -0.25) is 5.10 Å². The zero-order valence-corrected chi connectivity index (χ0v) is 13.0. The summed E-state index contributed by atoms with van der Waals surface area (Å²) in [6, 6.07) is 13.8. The zero-order chi connectivity index (χ0) is 15.8. The Morgan fingerprint density at radius 2 is 2.04 bits per heavy atom. The summed E-state index contributed by atoms with van der Waals surface area (Å²) >= 11 is 0. The molecule has 1 saturated carbocycles. The van der Waals surface area contributed by atoms with Crippen LogP contribution < -0.4 is 0 Å². The Balaban J connectivity index is 1.75. The van der Waals surface area contributed by atoms with Crippen molar-refractivity contribution in [2.45, 2.75) is 25.7 Å². The number of ether oxygens (including phenoxy) is 1. The summed E-state index contributed by atoms with van der Waals surface area (Å²) in [5, 5.41) is 8.75. The zero-order valence-electron chi connectivity index (χ0n) is 13.0. The second-order valence-corrected chi connectivity index (χ2v) is 5.94. The van der Waals surface area contributed by atoms with E-state index in [1.54, 1.807) is 6.07 Å². The van der Waals surface area contributed by atoms with Gasteiger partial charge in [-0.05, 0) is 55.2 Å². The highest BCUT2D eigenvalue weighted by atomic mass is 16.5. The van der Waals surface area contributed by atoms with E-state index in [-0.39, 0.29) is 5.97 Å². The van der Waals surface area contributed by atoms with Gasteiger partial charge in [0.1, 0.15) is 0 Å². The van der Waals surface area contributed by atoms with Crippen LogP contribution in [0.4, 0.5) is 0 Å². The standard InChI is InChI=1S/C19H18N2O2/c1-2-23-19(22)15-5-3-4-13(10-15)14-8-9-17-16(11-14)18(21-20-17)12-6-7-12/h3-5,8-12H,2,6-7H2,1H3,(H,20,21). The van der Waals surface area contributed by atoms with Crippen LogP contribution in [0.3, 0.4) is 0 Å². The first-order valence-electron chi connectivity index (χ1n) is 8.02. The number of benzene rings is 2. The molecule has 0 atom stereocenters. The molecule has 0 bridgehead atoms. The van der Waals surface area contributed by atoms with Crippen molar-refractivity contribution >= 4 is 16.9 Å². The molecule has 1 fully saturated rings. The van der Waals surface area contributed by atoms with Gasteiger partial charge in [0.05, 0.1) is 17.7 Å². The molecule has 0 saturated heterocycles. The van der Waals surface area contributed by atoms with Gasteiger partial charge in [-0.2, -0.15) is 5.10 Å². The Morgan fingerprint density at radius 1 is 1.22 bits per heavy atom. The van der Waals surface area contributed by atoms with Crippen LogP contribution in [0.5, 0.6) is 0 Å². The fourth-order valence-electron chi connectivity index (χ4n) is 2.93. The maximum absolute atomic E-state index is 11.9. The lowest BCUT2D eigenvalue weighted by Gasteiger charge is -2.06. The summed E-state index contributed by atoms with van der Waals surface area (Å²) in [5.41, 5.74) is 4.92. The Morgan fingerprint density at radius 3 is 2.83 bits per heavy atom. The average molecular weight is 306 g/mol. The molecule has 3 aromatic rings. The van der Waals surface area contributed by atoms with E-state index >= 15 is 0 Å². The number of hydrogen-bond donors (Lipinski definition) is 1. The minimum atomic E-state index is -0.280.